The summed E-state index contributed by atoms with van der Waals surface area (Å²) in [6.45, 7) is 5.55. The third-order valence-electron chi connectivity index (χ3n) is 2.27. The van der Waals surface area contributed by atoms with E-state index in [0.717, 1.165) is 11.5 Å². The van der Waals surface area contributed by atoms with Gasteiger partial charge < -0.3 is 10.1 Å². The maximum absolute atomic E-state index is 11.5. The quantitative estimate of drug-likeness (QED) is 0.617. The van der Waals surface area contributed by atoms with Crippen molar-refractivity contribution in [2.75, 3.05) is 23.9 Å². The molecule has 5 nitrogen and oxygen atoms in total. The predicted octanol–water partition coefficient (Wildman–Crippen LogP) is 2.69. The van der Waals surface area contributed by atoms with Crippen LogP contribution in [0.1, 0.15) is 40.9 Å². The molecule has 1 N–H and O–H groups in total. The number of nitrogens with one attached hydrogen (secondary N) is 1. The number of thioether (sulfide) groups is 1. The average Bonchev–Trinajstić information content (AvgIpc) is 2.79. The van der Waals surface area contributed by atoms with E-state index in [9.17, 15) is 9.59 Å². The first-order valence-corrected chi connectivity index (χ1v) is 7.91. The van der Waals surface area contributed by atoms with E-state index in [0.29, 0.717) is 10.0 Å². The van der Waals surface area contributed by atoms with Gasteiger partial charge >= 0.3 is 5.97 Å². The van der Waals surface area contributed by atoms with Gasteiger partial charge in [0, 0.05) is 18.7 Å². The monoisotopic (exact) mass is 302 g/mol. The van der Waals surface area contributed by atoms with Gasteiger partial charge in [-0.3, -0.25) is 4.79 Å². The van der Waals surface area contributed by atoms with Gasteiger partial charge in [-0.25, -0.2) is 9.78 Å². The first kappa shape index (κ1) is 16.0. The van der Waals surface area contributed by atoms with E-state index in [-0.39, 0.29) is 17.5 Å². The number of ether oxygens (including phenoxy) is 1. The normalized spacial score (nSPS) is 12.0. The van der Waals surface area contributed by atoms with Crippen molar-refractivity contribution >= 4 is 40.0 Å². The van der Waals surface area contributed by atoms with E-state index in [1.165, 1.54) is 25.4 Å². The number of rotatable bonds is 7. The summed E-state index contributed by atoms with van der Waals surface area (Å²) in [7, 11) is 1.28. The Morgan fingerprint density at radius 3 is 2.74 bits per heavy atom. The Kier molecular flexibility index (Phi) is 6.30. The number of hydrogen-bond acceptors (Lipinski definition) is 7. The molecule has 1 atom stereocenters. The zero-order valence-corrected chi connectivity index (χ0v) is 13.1. The largest absolute Gasteiger partial charge is 0.464 e. The predicted molar refractivity (Wildman–Crippen MR) is 79.5 cm³/mol. The fraction of sp³-hybridized carbons (Fsp3) is 0.583. The highest BCUT2D eigenvalue weighted by Gasteiger charge is 2.22. The maximum Gasteiger partial charge on any atom is 0.358 e. The molecule has 1 aromatic rings. The molecule has 0 amide bonds. The maximum atomic E-state index is 11.5. The van der Waals surface area contributed by atoms with Gasteiger partial charge in [0.05, 0.1) is 7.11 Å². The molecule has 1 rings (SSSR count). The highest BCUT2D eigenvalue weighted by atomic mass is 32.2. The second kappa shape index (κ2) is 7.49. The van der Waals surface area contributed by atoms with Gasteiger partial charge in [0.15, 0.2) is 16.6 Å². The number of aromatic nitrogens is 1. The van der Waals surface area contributed by atoms with Crippen molar-refractivity contribution < 1.29 is 14.3 Å². The van der Waals surface area contributed by atoms with Crippen LogP contribution in [0.4, 0.5) is 5.13 Å². The van der Waals surface area contributed by atoms with Crippen LogP contribution in [-0.4, -0.2) is 41.4 Å². The standard InChI is InChI=1S/C12H18N2O3S2/c1-5-18-6-7(2)13-12-14-9(11(16)17-4)10(19-12)8(3)15/h7H,5-6H2,1-4H3,(H,13,14). The third kappa shape index (κ3) is 4.50. The van der Waals surface area contributed by atoms with Crippen LogP contribution in [0.25, 0.3) is 0 Å². The average molecular weight is 302 g/mol. The summed E-state index contributed by atoms with van der Waals surface area (Å²) in [4.78, 5) is 27.5. The summed E-state index contributed by atoms with van der Waals surface area (Å²) in [6, 6.07) is 0.224. The fourth-order valence-electron chi connectivity index (χ4n) is 1.40. The van der Waals surface area contributed by atoms with Gasteiger partial charge in [-0.1, -0.05) is 18.3 Å². The van der Waals surface area contributed by atoms with Gasteiger partial charge in [0.2, 0.25) is 0 Å². The Hall–Kier alpha value is -1.08. The van der Waals surface area contributed by atoms with Crippen LogP contribution >= 0.6 is 23.1 Å². The van der Waals surface area contributed by atoms with E-state index in [1.54, 1.807) is 0 Å². The van der Waals surface area contributed by atoms with Gasteiger partial charge in [-0.15, -0.1) is 0 Å². The highest BCUT2D eigenvalue weighted by molar-refractivity contribution is 7.99. The molecule has 0 radical (unpaired) electrons. The van der Waals surface area contributed by atoms with Gasteiger partial charge in [0.1, 0.15) is 4.88 Å². The van der Waals surface area contributed by atoms with Crippen molar-refractivity contribution in [3.63, 3.8) is 0 Å². The van der Waals surface area contributed by atoms with Crippen molar-refractivity contribution in [2.24, 2.45) is 0 Å². The van der Waals surface area contributed by atoms with Crippen LogP contribution in [0.3, 0.4) is 0 Å². The summed E-state index contributed by atoms with van der Waals surface area (Å²) in [5, 5.41) is 3.78. The lowest BCUT2D eigenvalue weighted by atomic mass is 10.3. The number of carbonyl (C=O) groups is 2. The van der Waals surface area contributed by atoms with Crippen molar-refractivity contribution in [3.05, 3.63) is 10.6 Å². The summed E-state index contributed by atoms with van der Waals surface area (Å²) in [5.41, 5.74) is 0.0952. The van der Waals surface area contributed by atoms with Crippen LogP contribution in [0.2, 0.25) is 0 Å². The Labute approximate surface area is 121 Å². The van der Waals surface area contributed by atoms with Crippen molar-refractivity contribution in [2.45, 2.75) is 26.8 Å². The number of anilines is 1. The van der Waals surface area contributed by atoms with Crippen LogP contribution in [0.15, 0.2) is 0 Å². The topological polar surface area (TPSA) is 68.3 Å². The van der Waals surface area contributed by atoms with Crippen LogP contribution in [-0.2, 0) is 4.74 Å². The first-order valence-electron chi connectivity index (χ1n) is 5.93. The summed E-state index contributed by atoms with van der Waals surface area (Å²) in [6.07, 6.45) is 0. The number of methoxy groups -OCH3 is 1. The molecular weight excluding hydrogens is 284 g/mol. The molecular formula is C12H18N2O3S2. The SMILES string of the molecule is CCSCC(C)Nc1nc(C(=O)OC)c(C(C)=O)s1. The molecule has 0 fully saturated rings. The Balaban J connectivity index is 2.86. The minimum absolute atomic E-state index is 0.0952. The third-order valence-corrected chi connectivity index (χ3v) is 4.50. The molecule has 0 saturated heterocycles. The molecule has 0 aliphatic heterocycles. The summed E-state index contributed by atoms with van der Waals surface area (Å²) in [5.74, 6) is 1.24. The Morgan fingerprint density at radius 2 is 2.21 bits per heavy atom. The van der Waals surface area contributed by atoms with Gasteiger partial charge in [-0.2, -0.15) is 11.8 Å². The van der Waals surface area contributed by atoms with E-state index in [4.69, 9.17) is 0 Å². The molecule has 106 valence electrons. The summed E-state index contributed by atoms with van der Waals surface area (Å²) < 4.78 is 4.63. The number of nitrogens with zero attached hydrogens (tertiary/aromatic N) is 1. The molecule has 1 heterocycles. The van der Waals surface area contributed by atoms with E-state index in [2.05, 4.69) is 22.0 Å². The molecule has 0 bridgehead atoms. The zero-order valence-electron chi connectivity index (χ0n) is 11.5. The van der Waals surface area contributed by atoms with Crippen LogP contribution < -0.4 is 5.32 Å². The molecule has 1 unspecified atom stereocenters. The van der Waals surface area contributed by atoms with Crippen molar-refractivity contribution in [1.29, 1.82) is 0 Å². The first-order chi connectivity index (χ1) is 8.99. The smallest absolute Gasteiger partial charge is 0.358 e. The molecule has 0 aliphatic rings. The molecule has 0 saturated carbocycles. The zero-order chi connectivity index (χ0) is 14.4. The van der Waals surface area contributed by atoms with Crippen LogP contribution in [0.5, 0.6) is 0 Å². The van der Waals surface area contributed by atoms with Crippen LogP contribution in [0, 0.1) is 0 Å². The molecule has 0 spiro atoms. The molecule has 19 heavy (non-hydrogen) atoms. The Morgan fingerprint density at radius 1 is 1.53 bits per heavy atom. The van der Waals surface area contributed by atoms with Crippen molar-refractivity contribution in [3.8, 4) is 0 Å². The Bertz CT molecular complexity index is 460. The van der Waals surface area contributed by atoms with Crippen molar-refractivity contribution in [1.82, 2.24) is 4.98 Å². The second-order valence-electron chi connectivity index (χ2n) is 3.95. The minimum atomic E-state index is -0.579. The van der Waals surface area contributed by atoms with E-state index in [1.807, 2.05) is 18.7 Å². The number of carbonyl (C=O) groups excluding carboxylic acids is 2. The molecule has 0 aliphatic carbocycles. The number of ketones is 1. The number of hydrogen-bond donors (Lipinski definition) is 1. The number of esters is 1. The fourth-order valence-corrected chi connectivity index (χ4v) is 3.03. The lowest BCUT2D eigenvalue weighted by Gasteiger charge is -2.11. The van der Waals surface area contributed by atoms with Gasteiger partial charge in [-0.05, 0) is 12.7 Å². The van der Waals surface area contributed by atoms with Gasteiger partial charge in [0.25, 0.3) is 0 Å². The molecule has 1 aromatic heterocycles. The lowest BCUT2D eigenvalue weighted by Crippen LogP contribution is -2.18. The number of thiazole rings is 1. The highest BCUT2D eigenvalue weighted by Crippen LogP contribution is 2.25. The summed E-state index contributed by atoms with van der Waals surface area (Å²) >= 11 is 3.01. The molecule has 7 heteroatoms. The van der Waals surface area contributed by atoms with E-state index < -0.39 is 5.97 Å². The minimum Gasteiger partial charge on any atom is -0.464 e. The lowest BCUT2D eigenvalue weighted by molar-refractivity contribution is 0.0591. The van der Waals surface area contributed by atoms with E-state index >= 15 is 0 Å². The number of Topliss-reactive ketones (excluding diaryl/α,β-unsaturated/α-hetero) is 1. The molecule has 0 aromatic carbocycles. The second-order valence-corrected chi connectivity index (χ2v) is 6.27.